The third kappa shape index (κ3) is 6.21. The summed E-state index contributed by atoms with van der Waals surface area (Å²) in [4.78, 5) is 12.3. The highest BCUT2D eigenvalue weighted by Crippen LogP contribution is 2.26. The van der Waals surface area contributed by atoms with E-state index in [4.69, 9.17) is 5.26 Å². The van der Waals surface area contributed by atoms with E-state index in [2.05, 4.69) is 75.6 Å². The third-order valence-electron chi connectivity index (χ3n) is 4.81. The van der Waals surface area contributed by atoms with Crippen LogP contribution in [0.1, 0.15) is 57.4 Å². The summed E-state index contributed by atoms with van der Waals surface area (Å²) in [7, 11) is 0. The van der Waals surface area contributed by atoms with Crippen molar-refractivity contribution in [3.8, 4) is 6.07 Å². The lowest BCUT2D eigenvalue weighted by molar-refractivity contribution is -0.115. The second-order valence-electron chi connectivity index (χ2n) is 8.55. The minimum absolute atomic E-state index is 0.0787. The summed E-state index contributed by atoms with van der Waals surface area (Å²) in [6.45, 7) is 11.2. The molecule has 2 rings (SSSR count). The Morgan fingerprint density at radius 2 is 1.64 bits per heavy atom. The Hall–Kier alpha value is -2.64. The Balaban J connectivity index is 1.97. The van der Waals surface area contributed by atoms with Gasteiger partial charge in [0.1, 0.15) is 0 Å². The van der Waals surface area contributed by atoms with E-state index in [1.807, 2.05) is 24.3 Å². The van der Waals surface area contributed by atoms with E-state index in [0.29, 0.717) is 12.3 Å². The number of hydrogen-bond donors (Lipinski definition) is 2. The molecule has 148 valence electrons. The van der Waals surface area contributed by atoms with Gasteiger partial charge >= 0.3 is 0 Å². The highest BCUT2D eigenvalue weighted by Gasteiger charge is 2.18. The normalized spacial score (nSPS) is 12.5. The molecule has 0 saturated carbocycles. The van der Waals surface area contributed by atoms with Crippen LogP contribution in [0, 0.1) is 17.2 Å². The molecule has 2 N–H and O–H groups in total. The Morgan fingerprint density at radius 3 is 2.14 bits per heavy atom. The van der Waals surface area contributed by atoms with Crippen molar-refractivity contribution in [3.05, 3.63) is 65.2 Å². The molecule has 0 spiro atoms. The number of nitrogens with zero attached hydrogens (tertiary/aromatic N) is 1. The Bertz CT molecular complexity index is 809. The van der Waals surface area contributed by atoms with E-state index < -0.39 is 0 Å². The predicted molar refractivity (Wildman–Crippen MR) is 115 cm³/mol. The van der Waals surface area contributed by atoms with Gasteiger partial charge in [-0.05, 0) is 40.2 Å². The van der Waals surface area contributed by atoms with Gasteiger partial charge in [0.25, 0.3) is 0 Å². The highest BCUT2D eigenvalue weighted by molar-refractivity contribution is 5.92. The number of benzene rings is 2. The first-order chi connectivity index (χ1) is 13.2. The minimum atomic E-state index is -0.0787. The molecule has 0 saturated heterocycles. The first kappa shape index (κ1) is 21.7. The van der Waals surface area contributed by atoms with Gasteiger partial charge in [0, 0.05) is 11.7 Å². The number of rotatable bonds is 7. The Labute approximate surface area is 169 Å². The largest absolute Gasteiger partial charge is 0.325 e. The molecule has 2 aromatic carbocycles. The molecule has 1 amide bonds. The highest BCUT2D eigenvalue weighted by atomic mass is 16.1. The van der Waals surface area contributed by atoms with Crippen LogP contribution in [-0.2, 0) is 16.6 Å². The van der Waals surface area contributed by atoms with Gasteiger partial charge in [0.05, 0.1) is 19.0 Å². The van der Waals surface area contributed by atoms with Gasteiger partial charge in [-0.25, -0.2) is 0 Å². The van der Waals surface area contributed by atoms with Crippen molar-refractivity contribution in [1.29, 1.82) is 5.26 Å². The van der Waals surface area contributed by atoms with Crippen LogP contribution >= 0.6 is 0 Å². The second kappa shape index (κ2) is 9.52. The number of carbonyl (C=O) groups is 1. The van der Waals surface area contributed by atoms with Gasteiger partial charge in [-0.15, -0.1) is 0 Å². The predicted octanol–water partition coefficient (Wildman–Crippen LogP) is 4.98. The van der Waals surface area contributed by atoms with Crippen molar-refractivity contribution >= 4 is 11.6 Å². The fourth-order valence-electron chi connectivity index (χ4n) is 3.13. The van der Waals surface area contributed by atoms with Crippen molar-refractivity contribution in [2.75, 3.05) is 11.9 Å². The van der Waals surface area contributed by atoms with Crippen LogP contribution < -0.4 is 10.6 Å². The van der Waals surface area contributed by atoms with Crippen LogP contribution in [0.4, 0.5) is 5.69 Å². The molecule has 4 heteroatoms. The fraction of sp³-hybridized carbons (Fsp3) is 0.417. The third-order valence-corrected chi connectivity index (χ3v) is 4.81. The molecule has 0 aliphatic rings. The van der Waals surface area contributed by atoms with Crippen LogP contribution in [-0.4, -0.2) is 12.5 Å². The molecule has 28 heavy (non-hydrogen) atoms. The Kier molecular flexibility index (Phi) is 7.37. The molecule has 0 fully saturated rings. The van der Waals surface area contributed by atoms with E-state index in [1.165, 1.54) is 11.1 Å². The van der Waals surface area contributed by atoms with Crippen LogP contribution in [0.5, 0.6) is 0 Å². The maximum atomic E-state index is 12.3. The summed E-state index contributed by atoms with van der Waals surface area (Å²) < 4.78 is 0. The van der Waals surface area contributed by atoms with E-state index >= 15 is 0 Å². The van der Waals surface area contributed by atoms with E-state index in [9.17, 15) is 4.79 Å². The molecule has 0 aromatic heterocycles. The van der Waals surface area contributed by atoms with Crippen molar-refractivity contribution in [1.82, 2.24) is 5.32 Å². The summed E-state index contributed by atoms with van der Waals surface area (Å²) >= 11 is 0. The number of nitriles is 1. The average Bonchev–Trinajstić information content (AvgIpc) is 2.63. The van der Waals surface area contributed by atoms with Crippen LogP contribution in [0.25, 0.3) is 0 Å². The molecule has 0 aliphatic carbocycles. The van der Waals surface area contributed by atoms with Gasteiger partial charge in [-0.2, -0.15) is 5.26 Å². The van der Waals surface area contributed by atoms with Crippen LogP contribution in [0.15, 0.2) is 48.5 Å². The molecule has 0 radical (unpaired) electrons. The lowest BCUT2D eigenvalue weighted by atomic mass is 9.85. The van der Waals surface area contributed by atoms with Crippen molar-refractivity contribution in [2.45, 2.75) is 52.5 Å². The second-order valence-corrected chi connectivity index (χ2v) is 8.55. The van der Waals surface area contributed by atoms with Gasteiger partial charge in [0.2, 0.25) is 5.91 Å². The number of amides is 1. The van der Waals surface area contributed by atoms with Crippen molar-refractivity contribution in [3.63, 3.8) is 0 Å². The minimum Gasteiger partial charge on any atom is -0.325 e. The maximum absolute atomic E-state index is 12.3. The quantitative estimate of drug-likeness (QED) is 0.715. The molecule has 4 nitrogen and oxygen atoms in total. The summed E-state index contributed by atoms with van der Waals surface area (Å²) in [5.74, 6) is 0.281. The monoisotopic (exact) mass is 377 g/mol. The van der Waals surface area contributed by atoms with E-state index in [1.54, 1.807) is 0 Å². The molecule has 1 atom stereocenters. The van der Waals surface area contributed by atoms with E-state index in [0.717, 1.165) is 11.3 Å². The topological polar surface area (TPSA) is 64.9 Å². The zero-order valence-corrected chi connectivity index (χ0v) is 17.5. The first-order valence-electron chi connectivity index (χ1n) is 9.80. The molecule has 2 aromatic rings. The molecule has 0 aliphatic heterocycles. The zero-order valence-electron chi connectivity index (χ0n) is 17.5. The van der Waals surface area contributed by atoms with Gasteiger partial charge in [-0.1, -0.05) is 71.0 Å². The first-order valence-corrected chi connectivity index (χ1v) is 9.80. The van der Waals surface area contributed by atoms with E-state index in [-0.39, 0.29) is 23.9 Å². The SMILES string of the molecule is CC(C)[C@H](NCC(=O)Nc1ccc(CC#N)cc1)c1ccc(C(C)(C)C)cc1. The number of nitrogens with one attached hydrogen (secondary N) is 2. The molecule has 0 bridgehead atoms. The lowest BCUT2D eigenvalue weighted by Crippen LogP contribution is -2.33. The average molecular weight is 378 g/mol. The standard InChI is InChI=1S/C24H31N3O/c1-17(2)23(19-8-10-20(11-9-19)24(3,4)5)26-16-22(28)27-21-12-6-18(7-13-21)14-15-25/h6-13,17,23,26H,14,16H2,1-5H3,(H,27,28)/t23-/m0/s1. The molecular formula is C24H31N3O. The molecule has 0 heterocycles. The summed E-state index contributed by atoms with van der Waals surface area (Å²) in [5.41, 5.74) is 4.30. The van der Waals surface area contributed by atoms with Gasteiger partial charge in [-0.3, -0.25) is 4.79 Å². The Morgan fingerprint density at radius 1 is 1.04 bits per heavy atom. The van der Waals surface area contributed by atoms with Gasteiger partial charge < -0.3 is 10.6 Å². The number of anilines is 1. The van der Waals surface area contributed by atoms with Gasteiger partial charge in [0.15, 0.2) is 0 Å². The van der Waals surface area contributed by atoms with Crippen molar-refractivity contribution < 1.29 is 4.79 Å². The summed E-state index contributed by atoms with van der Waals surface area (Å²) in [6, 6.07) is 18.3. The van der Waals surface area contributed by atoms with Crippen molar-refractivity contribution in [2.24, 2.45) is 5.92 Å². The number of carbonyl (C=O) groups excluding carboxylic acids is 1. The summed E-state index contributed by atoms with van der Waals surface area (Å²) in [6.07, 6.45) is 0.375. The summed E-state index contributed by atoms with van der Waals surface area (Å²) in [5, 5.41) is 15.0. The van der Waals surface area contributed by atoms with Crippen LogP contribution in [0.3, 0.4) is 0 Å². The maximum Gasteiger partial charge on any atom is 0.238 e. The molecule has 0 unspecified atom stereocenters. The lowest BCUT2D eigenvalue weighted by Gasteiger charge is -2.25. The smallest absolute Gasteiger partial charge is 0.238 e. The zero-order chi connectivity index (χ0) is 20.7. The molecular weight excluding hydrogens is 346 g/mol. The fourth-order valence-corrected chi connectivity index (χ4v) is 3.13. The number of hydrogen-bond acceptors (Lipinski definition) is 3. The van der Waals surface area contributed by atoms with Crippen LogP contribution in [0.2, 0.25) is 0 Å².